The van der Waals surface area contributed by atoms with Gasteiger partial charge in [0.1, 0.15) is 6.54 Å². The molecule has 0 saturated carbocycles. The fourth-order valence-electron chi connectivity index (χ4n) is 2.29. The van der Waals surface area contributed by atoms with E-state index >= 15 is 0 Å². The molecule has 2 unspecified atom stereocenters. The fourth-order valence-corrected chi connectivity index (χ4v) is 2.29. The second-order valence-electron chi connectivity index (χ2n) is 4.69. The summed E-state index contributed by atoms with van der Waals surface area (Å²) in [5.74, 6) is -1.64. The van der Waals surface area contributed by atoms with Gasteiger partial charge in [0.15, 0.2) is 0 Å². The van der Waals surface area contributed by atoms with Gasteiger partial charge in [0, 0.05) is 13.1 Å². The van der Waals surface area contributed by atoms with Crippen LogP contribution in [0, 0.1) is 0 Å². The van der Waals surface area contributed by atoms with Crippen molar-refractivity contribution < 1.29 is 24.2 Å². The number of nitrogens with zero attached hydrogens (tertiary/aromatic N) is 1. The first-order chi connectivity index (χ1) is 9.04. The van der Waals surface area contributed by atoms with Gasteiger partial charge in [-0.1, -0.05) is 0 Å². The molecule has 0 spiro atoms. The number of nitrogens with one attached hydrogen (secondary N) is 2. The molecule has 2 saturated heterocycles. The number of urea groups is 1. The van der Waals surface area contributed by atoms with Crippen molar-refractivity contribution in [2.24, 2.45) is 0 Å². The van der Waals surface area contributed by atoms with Gasteiger partial charge in [-0.15, -0.1) is 0 Å². The first kappa shape index (κ1) is 13.6. The van der Waals surface area contributed by atoms with Gasteiger partial charge < -0.3 is 25.4 Å². The van der Waals surface area contributed by atoms with Gasteiger partial charge in [0.05, 0.1) is 18.8 Å². The number of carbonyl (C=O) groups excluding carboxylic acids is 2. The topological polar surface area (TPSA) is 108 Å². The van der Waals surface area contributed by atoms with Crippen molar-refractivity contribution in [3.63, 3.8) is 0 Å². The van der Waals surface area contributed by atoms with E-state index in [4.69, 9.17) is 9.84 Å². The van der Waals surface area contributed by atoms with E-state index in [0.717, 1.165) is 12.8 Å². The highest BCUT2D eigenvalue weighted by Crippen LogP contribution is 2.25. The molecule has 2 heterocycles. The number of amides is 3. The van der Waals surface area contributed by atoms with Gasteiger partial charge in [-0.2, -0.15) is 0 Å². The predicted molar refractivity (Wildman–Crippen MR) is 63.5 cm³/mol. The molecule has 0 radical (unpaired) electrons. The van der Waals surface area contributed by atoms with Gasteiger partial charge >= 0.3 is 12.0 Å². The Labute approximate surface area is 110 Å². The second-order valence-corrected chi connectivity index (χ2v) is 4.69. The smallest absolute Gasteiger partial charge is 0.322 e. The molecular weight excluding hydrogens is 254 g/mol. The molecule has 0 aromatic heterocycles. The molecular formula is C11H17N3O5. The third-order valence-electron chi connectivity index (χ3n) is 3.17. The molecule has 2 fully saturated rings. The molecule has 106 valence electrons. The molecule has 0 aromatic rings. The Morgan fingerprint density at radius 3 is 2.32 bits per heavy atom. The molecule has 0 aliphatic carbocycles. The van der Waals surface area contributed by atoms with Gasteiger partial charge in [0.25, 0.3) is 0 Å². The molecule has 8 heteroatoms. The van der Waals surface area contributed by atoms with E-state index in [2.05, 4.69) is 10.6 Å². The SMILES string of the molecule is O=C(O)CNC(=O)CNC(=O)N1CC2CCC(C1)O2. The van der Waals surface area contributed by atoms with Crippen LogP contribution in [-0.4, -0.2) is 66.3 Å². The maximum absolute atomic E-state index is 11.8. The lowest BCUT2D eigenvalue weighted by atomic mass is 10.2. The number of carboxylic acids is 1. The summed E-state index contributed by atoms with van der Waals surface area (Å²) in [6.07, 6.45) is 2.14. The quantitative estimate of drug-likeness (QED) is 0.592. The summed E-state index contributed by atoms with van der Waals surface area (Å²) in [5.41, 5.74) is 0. The summed E-state index contributed by atoms with van der Waals surface area (Å²) in [5, 5.41) is 13.0. The predicted octanol–water partition coefficient (Wildman–Crippen LogP) is -1.24. The molecule has 2 atom stereocenters. The fraction of sp³-hybridized carbons (Fsp3) is 0.727. The number of ether oxygens (including phenoxy) is 1. The summed E-state index contributed by atoms with van der Waals surface area (Å²) in [4.78, 5) is 34.9. The zero-order valence-corrected chi connectivity index (χ0v) is 10.4. The van der Waals surface area contributed by atoms with E-state index in [9.17, 15) is 14.4 Å². The third kappa shape index (κ3) is 3.82. The lowest BCUT2D eigenvalue weighted by molar-refractivity contribution is -0.137. The van der Waals surface area contributed by atoms with Crippen LogP contribution < -0.4 is 10.6 Å². The number of morpholine rings is 1. The van der Waals surface area contributed by atoms with Crippen molar-refractivity contribution in [3.05, 3.63) is 0 Å². The van der Waals surface area contributed by atoms with E-state index in [1.807, 2.05) is 0 Å². The number of carboxylic acid groups (broad SMARTS) is 1. The lowest BCUT2D eigenvalue weighted by Crippen LogP contribution is -2.51. The van der Waals surface area contributed by atoms with Gasteiger partial charge in [-0.25, -0.2) is 4.79 Å². The van der Waals surface area contributed by atoms with Gasteiger partial charge in [0.2, 0.25) is 5.91 Å². The van der Waals surface area contributed by atoms with Crippen molar-refractivity contribution in [3.8, 4) is 0 Å². The van der Waals surface area contributed by atoms with Crippen molar-refractivity contribution in [2.75, 3.05) is 26.2 Å². The van der Waals surface area contributed by atoms with Crippen molar-refractivity contribution in [1.29, 1.82) is 0 Å². The van der Waals surface area contributed by atoms with Crippen LogP contribution in [0.5, 0.6) is 0 Å². The van der Waals surface area contributed by atoms with Crippen LogP contribution in [0.1, 0.15) is 12.8 Å². The Hall–Kier alpha value is -1.83. The van der Waals surface area contributed by atoms with Crippen LogP contribution in [0.2, 0.25) is 0 Å². The Balaban J connectivity index is 1.69. The van der Waals surface area contributed by atoms with Crippen molar-refractivity contribution in [2.45, 2.75) is 25.0 Å². The van der Waals surface area contributed by atoms with E-state index in [-0.39, 0.29) is 24.8 Å². The van der Waals surface area contributed by atoms with E-state index < -0.39 is 18.4 Å². The maximum Gasteiger partial charge on any atom is 0.322 e. The second kappa shape index (κ2) is 5.87. The number of carbonyl (C=O) groups is 3. The van der Waals surface area contributed by atoms with Crippen molar-refractivity contribution in [1.82, 2.24) is 15.5 Å². The number of aliphatic carboxylic acids is 1. The molecule has 2 bridgehead atoms. The largest absolute Gasteiger partial charge is 0.480 e. The average molecular weight is 271 g/mol. The Morgan fingerprint density at radius 2 is 1.74 bits per heavy atom. The molecule has 8 nitrogen and oxygen atoms in total. The van der Waals surface area contributed by atoms with Crippen LogP contribution >= 0.6 is 0 Å². The summed E-state index contributed by atoms with van der Waals surface area (Å²) in [6.45, 7) is 0.410. The van der Waals surface area contributed by atoms with E-state index in [1.54, 1.807) is 4.90 Å². The van der Waals surface area contributed by atoms with Crippen LogP contribution in [0.25, 0.3) is 0 Å². The first-order valence-corrected chi connectivity index (χ1v) is 6.21. The van der Waals surface area contributed by atoms with Crippen LogP contribution in [0.4, 0.5) is 4.79 Å². The standard InChI is InChI=1S/C11H17N3O5/c15-9(12-4-10(16)17)3-13-11(18)14-5-7-1-2-8(6-14)19-7/h7-8H,1-6H2,(H,12,15)(H,13,18)(H,16,17). The Kier molecular flexibility index (Phi) is 4.20. The summed E-state index contributed by atoms with van der Waals surface area (Å²) in [6, 6.07) is -0.314. The third-order valence-corrected chi connectivity index (χ3v) is 3.17. The van der Waals surface area contributed by atoms with Gasteiger partial charge in [-0.05, 0) is 12.8 Å². The minimum absolute atomic E-state index is 0.102. The maximum atomic E-state index is 11.8. The minimum atomic E-state index is -1.12. The first-order valence-electron chi connectivity index (χ1n) is 6.21. The molecule has 0 aromatic carbocycles. The highest BCUT2D eigenvalue weighted by molar-refractivity contribution is 5.86. The monoisotopic (exact) mass is 271 g/mol. The highest BCUT2D eigenvalue weighted by Gasteiger charge is 2.35. The molecule has 2 aliphatic heterocycles. The average Bonchev–Trinajstić information content (AvgIpc) is 2.72. The number of likely N-dealkylation sites (tertiary alicyclic amines) is 1. The number of hydrogen-bond donors (Lipinski definition) is 3. The Morgan fingerprint density at radius 1 is 1.11 bits per heavy atom. The minimum Gasteiger partial charge on any atom is -0.480 e. The van der Waals surface area contributed by atoms with Crippen LogP contribution in [-0.2, 0) is 14.3 Å². The highest BCUT2D eigenvalue weighted by atomic mass is 16.5. The van der Waals surface area contributed by atoms with E-state index in [1.165, 1.54) is 0 Å². The molecule has 2 aliphatic rings. The summed E-state index contributed by atoms with van der Waals surface area (Å²) >= 11 is 0. The summed E-state index contributed by atoms with van der Waals surface area (Å²) in [7, 11) is 0. The Bertz CT molecular complexity index is 375. The van der Waals surface area contributed by atoms with E-state index in [0.29, 0.717) is 13.1 Å². The van der Waals surface area contributed by atoms with Crippen LogP contribution in [0.15, 0.2) is 0 Å². The number of rotatable bonds is 4. The molecule has 19 heavy (non-hydrogen) atoms. The normalized spacial score (nSPS) is 24.9. The van der Waals surface area contributed by atoms with Crippen LogP contribution in [0.3, 0.4) is 0 Å². The number of fused-ring (bicyclic) bond motifs is 2. The molecule has 3 N–H and O–H groups in total. The molecule has 3 amide bonds. The zero-order chi connectivity index (χ0) is 13.8. The van der Waals surface area contributed by atoms with Gasteiger partial charge in [-0.3, -0.25) is 9.59 Å². The lowest BCUT2D eigenvalue weighted by Gasteiger charge is -2.32. The zero-order valence-electron chi connectivity index (χ0n) is 10.4. The summed E-state index contributed by atoms with van der Waals surface area (Å²) < 4.78 is 5.60. The number of hydrogen-bond acceptors (Lipinski definition) is 4. The van der Waals surface area contributed by atoms with Crippen molar-refractivity contribution >= 4 is 17.9 Å². The molecule has 2 rings (SSSR count).